The summed E-state index contributed by atoms with van der Waals surface area (Å²) in [6, 6.07) is 14.0. The lowest BCUT2D eigenvalue weighted by Gasteiger charge is -2.13. The molecule has 0 aliphatic heterocycles. The van der Waals surface area contributed by atoms with E-state index in [2.05, 4.69) is 28.5 Å². The number of hydrogen-bond acceptors (Lipinski definition) is 6. The molecule has 0 saturated carbocycles. The zero-order chi connectivity index (χ0) is 22.8. The SMILES string of the molecule is CCOc1ccc(CCNC(=O)CSc2nncn2-c2ccccc2CC)cc1OCC. The van der Waals surface area contributed by atoms with Crippen molar-refractivity contribution in [1.29, 1.82) is 0 Å². The molecular weight excluding hydrogens is 424 g/mol. The Morgan fingerprint density at radius 3 is 2.62 bits per heavy atom. The Balaban J connectivity index is 1.52. The average molecular weight is 455 g/mol. The van der Waals surface area contributed by atoms with E-state index in [0.717, 1.165) is 29.2 Å². The minimum Gasteiger partial charge on any atom is -0.490 e. The van der Waals surface area contributed by atoms with Crippen molar-refractivity contribution in [2.24, 2.45) is 0 Å². The maximum atomic E-state index is 12.4. The Labute approximate surface area is 193 Å². The van der Waals surface area contributed by atoms with E-state index in [9.17, 15) is 4.79 Å². The third-order valence-corrected chi connectivity index (χ3v) is 5.77. The van der Waals surface area contributed by atoms with Crippen LogP contribution in [-0.4, -0.2) is 46.2 Å². The average Bonchev–Trinajstić information content (AvgIpc) is 3.28. The van der Waals surface area contributed by atoms with E-state index in [-0.39, 0.29) is 11.7 Å². The lowest BCUT2D eigenvalue weighted by Crippen LogP contribution is -2.27. The molecule has 3 rings (SSSR count). The second-order valence-electron chi connectivity index (χ2n) is 7.00. The first-order valence-corrected chi connectivity index (χ1v) is 11.9. The maximum absolute atomic E-state index is 12.4. The first kappa shape index (κ1) is 23.7. The molecule has 0 fully saturated rings. The summed E-state index contributed by atoms with van der Waals surface area (Å²) in [5, 5.41) is 11.9. The zero-order valence-corrected chi connectivity index (χ0v) is 19.7. The summed E-state index contributed by atoms with van der Waals surface area (Å²) >= 11 is 1.38. The van der Waals surface area contributed by atoms with Crippen LogP contribution in [0.25, 0.3) is 5.69 Å². The molecule has 0 aliphatic rings. The number of nitrogens with zero attached hydrogens (tertiary/aromatic N) is 3. The number of amides is 1. The van der Waals surface area contributed by atoms with Gasteiger partial charge in [-0.1, -0.05) is 43.0 Å². The van der Waals surface area contributed by atoms with Crippen LogP contribution in [0.4, 0.5) is 0 Å². The maximum Gasteiger partial charge on any atom is 0.230 e. The molecule has 1 N–H and O–H groups in total. The quantitative estimate of drug-likeness (QED) is 0.416. The molecule has 0 radical (unpaired) electrons. The van der Waals surface area contributed by atoms with Crippen LogP contribution in [0.1, 0.15) is 31.9 Å². The molecule has 3 aromatic rings. The third-order valence-electron chi connectivity index (χ3n) is 4.82. The number of rotatable bonds is 12. The van der Waals surface area contributed by atoms with E-state index in [4.69, 9.17) is 9.47 Å². The summed E-state index contributed by atoms with van der Waals surface area (Å²) in [6.07, 6.45) is 3.31. The summed E-state index contributed by atoms with van der Waals surface area (Å²) in [5.74, 6) is 1.72. The lowest BCUT2D eigenvalue weighted by atomic mass is 10.1. The number of aromatic nitrogens is 3. The molecule has 7 nitrogen and oxygen atoms in total. The smallest absolute Gasteiger partial charge is 0.230 e. The highest BCUT2D eigenvalue weighted by Gasteiger charge is 2.12. The van der Waals surface area contributed by atoms with Crippen LogP contribution in [0.15, 0.2) is 53.9 Å². The summed E-state index contributed by atoms with van der Waals surface area (Å²) in [7, 11) is 0. The van der Waals surface area contributed by atoms with E-state index >= 15 is 0 Å². The van der Waals surface area contributed by atoms with Gasteiger partial charge in [0.2, 0.25) is 5.91 Å². The molecule has 0 spiro atoms. The number of carbonyl (C=O) groups excluding carboxylic acids is 1. The van der Waals surface area contributed by atoms with Crippen LogP contribution in [0.3, 0.4) is 0 Å². The molecule has 0 unspecified atom stereocenters. The molecule has 0 saturated heterocycles. The topological polar surface area (TPSA) is 78.3 Å². The molecule has 8 heteroatoms. The van der Waals surface area contributed by atoms with Crippen molar-refractivity contribution in [3.63, 3.8) is 0 Å². The highest BCUT2D eigenvalue weighted by Crippen LogP contribution is 2.28. The normalized spacial score (nSPS) is 10.7. The molecule has 170 valence electrons. The molecular formula is C24H30N4O3S. The van der Waals surface area contributed by atoms with Gasteiger partial charge in [0.05, 0.1) is 24.7 Å². The molecule has 32 heavy (non-hydrogen) atoms. The van der Waals surface area contributed by atoms with Crippen molar-refractivity contribution in [2.75, 3.05) is 25.5 Å². The number of thioether (sulfide) groups is 1. The van der Waals surface area contributed by atoms with Crippen molar-refractivity contribution in [3.05, 3.63) is 59.9 Å². The van der Waals surface area contributed by atoms with Gasteiger partial charge in [-0.05, 0) is 56.0 Å². The van der Waals surface area contributed by atoms with Gasteiger partial charge in [-0.3, -0.25) is 9.36 Å². The van der Waals surface area contributed by atoms with Crippen LogP contribution >= 0.6 is 11.8 Å². The largest absolute Gasteiger partial charge is 0.490 e. The lowest BCUT2D eigenvalue weighted by molar-refractivity contribution is -0.118. The summed E-state index contributed by atoms with van der Waals surface area (Å²) in [4.78, 5) is 12.4. The number of aryl methyl sites for hydroxylation is 1. The fourth-order valence-electron chi connectivity index (χ4n) is 3.31. The van der Waals surface area contributed by atoms with Gasteiger partial charge >= 0.3 is 0 Å². The molecule has 0 bridgehead atoms. The monoisotopic (exact) mass is 454 g/mol. The van der Waals surface area contributed by atoms with Gasteiger partial charge in [0.25, 0.3) is 0 Å². The minimum absolute atomic E-state index is 0.0377. The first-order valence-electron chi connectivity index (χ1n) is 10.9. The predicted molar refractivity (Wildman–Crippen MR) is 127 cm³/mol. The van der Waals surface area contributed by atoms with Crippen LogP contribution in [-0.2, 0) is 17.6 Å². The highest BCUT2D eigenvalue weighted by molar-refractivity contribution is 7.99. The Morgan fingerprint density at radius 1 is 1.06 bits per heavy atom. The molecule has 1 aromatic heterocycles. The van der Waals surface area contributed by atoms with Gasteiger partial charge in [-0.25, -0.2) is 0 Å². The van der Waals surface area contributed by atoms with Gasteiger partial charge in [0, 0.05) is 6.54 Å². The van der Waals surface area contributed by atoms with Gasteiger partial charge < -0.3 is 14.8 Å². The van der Waals surface area contributed by atoms with E-state index in [1.165, 1.54) is 17.3 Å². The van der Waals surface area contributed by atoms with E-state index < -0.39 is 0 Å². The highest BCUT2D eigenvalue weighted by atomic mass is 32.2. The van der Waals surface area contributed by atoms with Gasteiger partial charge in [-0.15, -0.1) is 10.2 Å². The van der Waals surface area contributed by atoms with Gasteiger partial charge in [0.1, 0.15) is 6.33 Å². The van der Waals surface area contributed by atoms with Crippen molar-refractivity contribution >= 4 is 17.7 Å². The van der Waals surface area contributed by atoms with Crippen LogP contribution in [0, 0.1) is 0 Å². The van der Waals surface area contributed by atoms with Crippen LogP contribution in [0.2, 0.25) is 0 Å². The molecule has 0 atom stereocenters. The van der Waals surface area contributed by atoms with Gasteiger partial charge in [0.15, 0.2) is 16.7 Å². The molecule has 1 heterocycles. The number of hydrogen-bond donors (Lipinski definition) is 1. The Kier molecular flexibility index (Phi) is 8.98. The third kappa shape index (κ3) is 6.26. The number of para-hydroxylation sites is 1. The van der Waals surface area contributed by atoms with Crippen molar-refractivity contribution in [3.8, 4) is 17.2 Å². The number of ether oxygens (including phenoxy) is 2. The standard InChI is InChI=1S/C24H30N4O3S/c1-4-19-9-7-8-10-20(19)28-17-26-27-24(28)32-16-23(29)25-14-13-18-11-12-21(30-5-2)22(15-18)31-6-3/h7-12,15,17H,4-6,13-14,16H2,1-3H3,(H,25,29). The van der Waals surface area contributed by atoms with E-state index in [0.29, 0.717) is 31.3 Å². The fourth-order valence-corrected chi connectivity index (χ4v) is 4.06. The van der Waals surface area contributed by atoms with Crippen molar-refractivity contribution in [2.45, 2.75) is 38.8 Å². The zero-order valence-electron chi connectivity index (χ0n) is 18.8. The number of nitrogens with one attached hydrogen (secondary N) is 1. The Bertz CT molecular complexity index is 1020. The Morgan fingerprint density at radius 2 is 1.84 bits per heavy atom. The molecule has 1 amide bonds. The first-order chi connectivity index (χ1) is 15.7. The molecule has 0 aliphatic carbocycles. The number of benzene rings is 2. The molecule has 2 aromatic carbocycles. The minimum atomic E-state index is -0.0377. The van der Waals surface area contributed by atoms with Crippen LogP contribution in [0.5, 0.6) is 11.5 Å². The van der Waals surface area contributed by atoms with E-state index in [1.54, 1.807) is 6.33 Å². The Hall–Kier alpha value is -3.00. The van der Waals surface area contributed by atoms with E-state index in [1.807, 2.05) is 54.8 Å². The van der Waals surface area contributed by atoms with Crippen LogP contribution < -0.4 is 14.8 Å². The van der Waals surface area contributed by atoms with Crippen molar-refractivity contribution in [1.82, 2.24) is 20.1 Å². The second kappa shape index (κ2) is 12.1. The van der Waals surface area contributed by atoms with Crippen molar-refractivity contribution < 1.29 is 14.3 Å². The summed E-state index contributed by atoms with van der Waals surface area (Å²) < 4.78 is 13.2. The second-order valence-corrected chi connectivity index (χ2v) is 7.94. The fraction of sp³-hybridized carbons (Fsp3) is 0.375. The summed E-state index contributed by atoms with van der Waals surface area (Å²) in [6.45, 7) is 7.72. The predicted octanol–water partition coefficient (Wildman–Crippen LogP) is 4.08. The summed E-state index contributed by atoms with van der Waals surface area (Å²) in [5.41, 5.74) is 3.34. The van der Waals surface area contributed by atoms with Gasteiger partial charge in [-0.2, -0.15) is 0 Å². The number of carbonyl (C=O) groups is 1.